The van der Waals surface area contributed by atoms with Gasteiger partial charge >= 0.3 is 0 Å². The average molecular weight is 1780 g/mol. The molecule has 0 saturated heterocycles. The van der Waals surface area contributed by atoms with Crippen LogP contribution in [0.25, 0.3) is 43.9 Å². The Labute approximate surface area is 767 Å². The van der Waals surface area contributed by atoms with Crippen molar-refractivity contribution in [3.8, 4) is 0 Å². The SMILES string of the molecule is C[C@@]1(O)CC[C@H]2[C@H](CC[C@@H]3[C@@H]2CC[C@]2(C)[C@@H](C(=O)Cn4cc5cc(F)ccc5n4)CC[C@@H]32)C1.C[C@@]1(O)CC[C@H]2[C@H](CC[C@@H]3[C@@H]2CC[C@]2(C)[C@@H](C(=O)Cn4cc5cnccc5n4)CC[C@@H]32)C1.C[C@@]1(O)CC[C@H]2[C@H](CC[C@@H]3[C@@H]2CC[C@]2(C)[C@@H](C(=O)Cn4ncc5cc(F)ccc54)CC[C@@H]32)C1.C[C@@]1(O)CC[C@H]2[C@H](CC[C@@H]3[C@@H]2CC[C@]2(C)[C@@H](C(=O)Cn4nnc5cccnc54)CC[C@@H]32)C1. The number of carbonyl (C=O) groups excluding carboxylic acids is 4. The molecule has 700 valence electrons. The summed E-state index contributed by atoms with van der Waals surface area (Å²) in [6.45, 7) is 19.0. The topological polar surface area (TPSA) is 259 Å². The molecule has 130 heavy (non-hydrogen) atoms. The summed E-state index contributed by atoms with van der Waals surface area (Å²) in [6.07, 6.45) is 52.0. The molecule has 24 rings (SSSR count). The van der Waals surface area contributed by atoms with Gasteiger partial charge in [-0.3, -0.25) is 38.2 Å². The van der Waals surface area contributed by atoms with E-state index in [-0.39, 0.29) is 76.6 Å². The Kier molecular flexibility index (Phi) is 23.4. The van der Waals surface area contributed by atoms with E-state index in [1.54, 1.807) is 51.0 Å². The second-order valence-corrected chi connectivity index (χ2v) is 48.7. The number of aliphatic hydroxyl groups is 4. The van der Waals surface area contributed by atoms with Crippen LogP contribution in [0.4, 0.5) is 8.78 Å². The number of hydrogen-bond donors (Lipinski definition) is 4. The molecule has 4 N–H and O–H groups in total. The Bertz CT molecular complexity index is 5500. The predicted octanol–water partition coefficient (Wildman–Crippen LogP) is 21.0. The molecule has 6 heterocycles. The molecule has 16 aliphatic rings. The van der Waals surface area contributed by atoms with E-state index in [4.69, 9.17) is 0 Å². The van der Waals surface area contributed by atoms with Crippen molar-refractivity contribution < 1.29 is 48.4 Å². The standard InChI is InChI=1S/2C28H37FN2O2.C27H37N3O2.C26H36N4O2/c1-27(33)11-9-20-17(14-27)3-5-22-21(20)10-12-28(2)23(22)6-7-24(28)26(32)16-31-15-18-13-19(29)4-8-25(18)30-31;1-27(33)11-9-20-17(14-27)3-5-22-21(20)10-12-28(2)23(22)6-7-24(28)26(32)16-31-25-8-4-19(29)13-18(25)15-30-31;1-26(32)10-7-19-17(13-26)3-4-21-20(19)8-11-27(2)22(21)5-6-23(27)25(31)16-30-15-18-14-28-12-9-24(18)29-30;1-25(32)11-9-17-16(14-25)5-6-19-18(17)10-12-26(2)20(19)7-8-21(26)23(31)15-30-24-22(28-29-30)4-3-13-27-24/h2*4,8,13,15,17,20-24,33H,3,5-7,9-12,14,16H2,1-2H3;9,12,14-15,17,19-23,32H,3-8,10-11,13,16H2,1-2H3;3-4,13,16-21,32H,5-12,14-15H2,1-2H3/t2*17-,20+,21-,22-,23+,24-,27-,28+;17-,19+,20-,21-,22+,23-,26-,27+;16-,17+,18-,19-,20+,21-,25-,26+/m1111/s1. The third-order valence-electron chi connectivity index (χ3n) is 41.5. The number of benzene rings is 2. The molecule has 16 fully saturated rings. The number of halogens is 2. The summed E-state index contributed by atoms with van der Waals surface area (Å²) in [5.41, 5.74) is 2.57. The summed E-state index contributed by atoms with van der Waals surface area (Å²) < 4.78 is 34.1. The number of ketones is 4. The largest absolute Gasteiger partial charge is 0.390 e. The summed E-state index contributed by atoms with van der Waals surface area (Å²) in [6, 6.07) is 14.9. The first-order valence-electron chi connectivity index (χ1n) is 51.8. The van der Waals surface area contributed by atoms with Gasteiger partial charge in [0.05, 0.1) is 58.2 Å². The van der Waals surface area contributed by atoms with Crippen LogP contribution in [0.2, 0.25) is 0 Å². The van der Waals surface area contributed by atoms with Crippen LogP contribution in [0, 0.1) is 175 Å². The first-order valence-corrected chi connectivity index (χ1v) is 51.8. The zero-order chi connectivity index (χ0) is 90.1. The lowest BCUT2D eigenvalue weighted by atomic mass is 9.49. The molecular weight excluding hydrogens is 1630 g/mol. The zero-order valence-corrected chi connectivity index (χ0v) is 78.9. The molecule has 0 spiro atoms. The first-order chi connectivity index (χ1) is 62.2. The van der Waals surface area contributed by atoms with E-state index in [0.29, 0.717) is 82.7 Å². The first kappa shape index (κ1) is 89.5. The molecule has 21 heteroatoms. The fourth-order valence-electron chi connectivity index (χ4n) is 35.7. The molecule has 0 radical (unpaired) electrons. The fraction of sp³-hybridized carbons (Fsp3) is 0.734. The van der Waals surface area contributed by atoms with Gasteiger partial charge in [0.1, 0.15) is 30.2 Å². The second kappa shape index (κ2) is 34.0. The van der Waals surface area contributed by atoms with E-state index in [1.165, 1.54) is 166 Å². The maximum absolute atomic E-state index is 13.6. The van der Waals surface area contributed by atoms with Crippen LogP contribution in [0.3, 0.4) is 0 Å². The highest BCUT2D eigenvalue weighted by atomic mass is 19.1. The lowest BCUT2D eigenvalue weighted by molar-refractivity contribution is -0.133. The number of aromatic nitrogens is 11. The van der Waals surface area contributed by atoms with Gasteiger partial charge < -0.3 is 20.4 Å². The van der Waals surface area contributed by atoms with Gasteiger partial charge in [0.2, 0.25) is 0 Å². The van der Waals surface area contributed by atoms with Crippen molar-refractivity contribution >= 4 is 67.0 Å². The van der Waals surface area contributed by atoms with Crippen molar-refractivity contribution in [2.75, 3.05) is 0 Å². The molecule has 2 aromatic carbocycles. The van der Waals surface area contributed by atoms with E-state index in [0.717, 1.165) is 199 Å². The average Bonchev–Trinajstić information content (AvgIpc) is 1.55. The lowest BCUT2D eigenvalue weighted by Gasteiger charge is -2.56. The van der Waals surface area contributed by atoms with Crippen molar-refractivity contribution in [1.82, 2.24) is 54.3 Å². The number of nitrogens with zero attached hydrogens (tertiary/aromatic N) is 11. The molecule has 0 unspecified atom stereocenters. The molecule has 0 aliphatic heterocycles. The zero-order valence-electron chi connectivity index (χ0n) is 78.9. The Morgan fingerprint density at radius 2 is 0.731 bits per heavy atom. The number of pyridine rings is 2. The highest BCUT2D eigenvalue weighted by Gasteiger charge is 2.64. The van der Waals surface area contributed by atoms with Gasteiger partial charge in [-0.15, -0.1) is 5.10 Å². The second-order valence-electron chi connectivity index (χ2n) is 48.7. The minimum atomic E-state index is -0.468. The van der Waals surface area contributed by atoms with Crippen molar-refractivity contribution in [3.05, 3.63) is 103 Å². The molecule has 32 atom stereocenters. The van der Waals surface area contributed by atoms with Crippen LogP contribution in [0.5, 0.6) is 0 Å². The van der Waals surface area contributed by atoms with Crippen LogP contribution in [0.15, 0.2) is 91.8 Å². The highest BCUT2D eigenvalue weighted by molar-refractivity contribution is 5.87. The summed E-state index contributed by atoms with van der Waals surface area (Å²) in [4.78, 5) is 62.7. The van der Waals surface area contributed by atoms with Crippen molar-refractivity contribution in [1.29, 1.82) is 0 Å². The molecule has 16 saturated carbocycles. The molecule has 6 aromatic heterocycles. The highest BCUT2D eigenvalue weighted by Crippen LogP contribution is 2.70. The van der Waals surface area contributed by atoms with Crippen molar-refractivity contribution in [3.63, 3.8) is 0 Å². The third-order valence-corrected chi connectivity index (χ3v) is 41.5. The van der Waals surface area contributed by atoms with E-state index < -0.39 is 22.4 Å². The molecule has 0 bridgehead atoms. The predicted molar refractivity (Wildman–Crippen MR) is 497 cm³/mol. The smallest absolute Gasteiger partial charge is 0.178 e. The summed E-state index contributed by atoms with van der Waals surface area (Å²) in [5, 5.41) is 66.9. The van der Waals surface area contributed by atoms with Gasteiger partial charge in [-0.1, -0.05) is 32.9 Å². The van der Waals surface area contributed by atoms with Gasteiger partial charge in [0.25, 0.3) is 0 Å². The minimum Gasteiger partial charge on any atom is -0.390 e. The lowest BCUT2D eigenvalue weighted by Crippen LogP contribution is -2.51. The Morgan fingerprint density at radius 3 is 1.15 bits per heavy atom. The minimum absolute atomic E-state index is 0.0975. The Hall–Kier alpha value is -7.07. The van der Waals surface area contributed by atoms with Crippen LogP contribution < -0.4 is 0 Å². The third kappa shape index (κ3) is 16.3. The van der Waals surface area contributed by atoms with Gasteiger partial charge in [-0.25, -0.2) is 18.4 Å². The summed E-state index contributed by atoms with van der Waals surface area (Å²) in [7, 11) is 0. The number of carbonyl (C=O) groups is 4. The van der Waals surface area contributed by atoms with Crippen molar-refractivity contribution in [2.24, 2.45) is 164 Å². The van der Waals surface area contributed by atoms with E-state index in [9.17, 15) is 48.4 Å². The summed E-state index contributed by atoms with van der Waals surface area (Å²) >= 11 is 0. The molecule has 0 amide bonds. The molecule has 19 nitrogen and oxygen atoms in total. The van der Waals surface area contributed by atoms with Crippen LogP contribution in [-0.4, -0.2) is 120 Å². The maximum atomic E-state index is 13.6. The van der Waals surface area contributed by atoms with Crippen LogP contribution in [-0.2, 0) is 45.4 Å². The van der Waals surface area contributed by atoms with E-state index in [1.807, 2.05) is 63.0 Å². The molecular formula is C109H147F2N11O8. The molecule has 16 aliphatic carbocycles. The number of hydrogen-bond acceptors (Lipinski definition) is 15. The van der Waals surface area contributed by atoms with Crippen molar-refractivity contribution in [2.45, 2.75) is 335 Å². The van der Waals surface area contributed by atoms with E-state index >= 15 is 0 Å². The number of rotatable bonds is 12. The van der Waals surface area contributed by atoms with Gasteiger partial charge in [-0.05, 0) is 453 Å². The van der Waals surface area contributed by atoms with Gasteiger partial charge in [-0.2, -0.15) is 15.3 Å². The fourth-order valence-corrected chi connectivity index (χ4v) is 35.7. The molecule has 8 aromatic rings. The Morgan fingerprint density at radius 1 is 0.362 bits per heavy atom. The quantitative estimate of drug-likeness (QED) is 0.0886. The summed E-state index contributed by atoms with van der Waals surface area (Å²) in [5.74, 6) is 16.1. The van der Waals surface area contributed by atoms with Gasteiger partial charge in [0.15, 0.2) is 28.8 Å². The van der Waals surface area contributed by atoms with Gasteiger partial charge in [0, 0.05) is 70.8 Å². The van der Waals surface area contributed by atoms with Crippen LogP contribution in [0.1, 0.15) is 287 Å². The van der Waals surface area contributed by atoms with E-state index in [2.05, 4.69) is 63.3 Å². The Balaban J connectivity index is 0.000000105. The number of fused-ring (bicyclic) bond motifs is 24. The monoisotopic (exact) mass is 1780 g/mol. The number of Topliss-reactive ketones (excluding diaryl/α,β-unsaturated/α-hetero) is 4. The van der Waals surface area contributed by atoms with Crippen LogP contribution >= 0.6 is 0 Å². The normalized spacial score (nSPS) is 43.0. The maximum Gasteiger partial charge on any atom is 0.178 e.